The number of carbonyl (C=O) groups is 1. The Balaban J connectivity index is 3.08. The lowest BCUT2D eigenvalue weighted by molar-refractivity contribution is 0.101. The molecule has 0 amide bonds. The number of carbonyl (C=O) groups excluding carboxylic acids is 1. The van der Waals surface area contributed by atoms with Crippen LogP contribution < -0.4 is 0 Å². The topological polar surface area (TPSA) is 26.3 Å². The van der Waals surface area contributed by atoms with Crippen molar-refractivity contribution in [1.29, 1.82) is 0 Å². The Labute approximate surface area is 130 Å². The van der Waals surface area contributed by atoms with Crippen molar-refractivity contribution in [2.24, 2.45) is 0 Å². The highest BCUT2D eigenvalue weighted by molar-refractivity contribution is 6.71. The van der Waals surface area contributed by atoms with Crippen LogP contribution in [-0.4, -0.2) is 17.9 Å². The molecule has 0 heterocycles. The third-order valence-corrected chi connectivity index (χ3v) is 3.93. The SMILES string of the molecule is CC(=O)c1ccc(C(O[Si](C)(C)C)C(Cl)(Cl)Cl)cc1. The fraction of sp³-hybridized carbons (Fsp3) is 0.462. The zero-order chi connectivity index (χ0) is 14.8. The smallest absolute Gasteiger partial charge is 0.219 e. The largest absolute Gasteiger partial charge is 0.406 e. The van der Waals surface area contributed by atoms with Gasteiger partial charge in [-0.2, -0.15) is 0 Å². The van der Waals surface area contributed by atoms with Crippen LogP contribution in [0.25, 0.3) is 0 Å². The molecule has 0 aliphatic rings. The van der Waals surface area contributed by atoms with Gasteiger partial charge in [0.2, 0.25) is 3.79 Å². The normalized spacial score (nSPS) is 14.3. The van der Waals surface area contributed by atoms with Crippen LogP contribution in [0.4, 0.5) is 0 Å². The van der Waals surface area contributed by atoms with Crippen LogP contribution in [0.15, 0.2) is 24.3 Å². The highest BCUT2D eigenvalue weighted by Gasteiger charge is 2.38. The second-order valence-electron chi connectivity index (χ2n) is 5.33. The molecule has 0 bridgehead atoms. The van der Waals surface area contributed by atoms with E-state index in [2.05, 4.69) is 0 Å². The molecule has 0 aliphatic carbocycles. The average Bonchev–Trinajstić information content (AvgIpc) is 2.23. The van der Waals surface area contributed by atoms with Crippen molar-refractivity contribution in [3.05, 3.63) is 35.4 Å². The van der Waals surface area contributed by atoms with Crippen molar-refractivity contribution in [3.8, 4) is 0 Å². The Hall–Kier alpha value is -0.0631. The summed E-state index contributed by atoms with van der Waals surface area (Å²) in [7, 11) is -1.87. The highest BCUT2D eigenvalue weighted by atomic mass is 35.6. The first kappa shape index (κ1) is 17.0. The molecule has 1 unspecified atom stereocenters. The van der Waals surface area contributed by atoms with Gasteiger partial charge in [0.05, 0.1) is 0 Å². The molecule has 2 nitrogen and oxygen atoms in total. The van der Waals surface area contributed by atoms with Crippen molar-refractivity contribution >= 4 is 48.9 Å². The van der Waals surface area contributed by atoms with Gasteiger partial charge in [-0.25, -0.2) is 0 Å². The summed E-state index contributed by atoms with van der Waals surface area (Å²) in [6.07, 6.45) is -0.634. The van der Waals surface area contributed by atoms with Crippen LogP contribution in [-0.2, 0) is 4.43 Å². The first-order valence-electron chi connectivity index (χ1n) is 5.86. The quantitative estimate of drug-likeness (QED) is 0.430. The summed E-state index contributed by atoms with van der Waals surface area (Å²) in [5.74, 6) is 0.00287. The minimum absolute atomic E-state index is 0.00287. The molecule has 106 valence electrons. The number of hydrogen-bond acceptors (Lipinski definition) is 2. The molecule has 0 saturated heterocycles. The Bertz CT molecular complexity index is 446. The van der Waals surface area contributed by atoms with Gasteiger partial charge in [0.15, 0.2) is 14.1 Å². The van der Waals surface area contributed by atoms with Gasteiger partial charge in [-0.05, 0) is 32.1 Å². The zero-order valence-corrected chi connectivity index (χ0v) is 14.6. The van der Waals surface area contributed by atoms with Gasteiger partial charge in [0.25, 0.3) is 0 Å². The highest BCUT2D eigenvalue weighted by Crippen LogP contribution is 2.43. The average molecular weight is 340 g/mol. The molecule has 0 radical (unpaired) electrons. The first-order valence-corrected chi connectivity index (χ1v) is 10.4. The summed E-state index contributed by atoms with van der Waals surface area (Å²) >= 11 is 18.0. The standard InChI is InChI=1S/C13H17Cl3O2Si/c1-9(17)10-5-7-11(8-6-10)12(13(14,15)16)18-19(2,3)4/h5-8,12H,1-4H3. The Kier molecular flexibility index (Phi) is 5.49. The fourth-order valence-corrected chi connectivity index (χ4v) is 3.33. The molecular formula is C13H17Cl3O2Si. The van der Waals surface area contributed by atoms with Crippen molar-refractivity contribution in [2.75, 3.05) is 0 Å². The maximum Gasteiger partial charge on any atom is 0.219 e. The van der Waals surface area contributed by atoms with Crippen molar-refractivity contribution < 1.29 is 9.22 Å². The molecule has 1 aromatic carbocycles. The van der Waals surface area contributed by atoms with Crippen LogP contribution in [0, 0.1) is 0 Å². The molecule has 6 heteroatoms. The third kappa shape index (κ3) is 5.44. The van der Waals surface area contributed by atoms with E-state index in [-0.39, 0.29) is 5.78 Å². The predicted octanol–water partition coefficient (Wildman–Crippen LogP) is 5.15. The van der Waals surface area contributed by atoms with E-state index in [0.717, 1.165) is 5.56 Å². The summed E-state index contributed by atoms with van der Waals surface area (Å²) in [4.78, 5) is 11.2. The molecule has 1 rings (SSSR count). The van der Waals surface area contributed by atoms with Crippen molar-refractivity contribution in [3.63, 3.8) is 0 Å². The van der Waals surface area contributed by atoms with Crippen LogP contribution in [0.1, 0.15) is 28.9 Å². The maximum absolute atomic E-state index is 11.2. The number of hydrogen-bond donors (Lipinski definition) is 0. The summed E-state index contributed by atoms with van der Waals surface area (Å²) in [5, 5.41) is 0. The Morgan fingerprint density at radius 2 is 1.63 bits per heavy atom. The molecule has 0 aliphatic heterocycles. The fourth-order valence-electron chi connectivity index (χ4n) is 1.57. The summed E-state index contributed by atoms with van der Waals surface area (Å²) in [6.45, 7) is 7.60. The molecule has 0 N–H and O–H groups in total. The Morgan fingerprint density at radius 1 is 1.16 bits per heavy atom. The van der Waals surface area contributed by atoms with E-state index in [0.29, 0.717) is 5.56 Å². The molecule has 0 fully saturated rings. The van der Waals surface area contributed by atoms with Gasteiger partial charge in [-0.3, -0.25) is 4.79 Å². The van der Waals surface area contributed by atoms with E-state index in [9.17, 15) is 4.79 Å². The van der Waals surface area contributed by atoms with E-state index in [4.69, 9.17) is 39.2 Å². The third-order valence-electron chi connectivity index (χ3n) is 2.39. The molecule has 1 aromatic rings. The van der Waals surface area contributed by atoms with Gasteiger partial charge in [0, 0.05) is 5.56 Å². The molecule has 0 aromatic heterocycles. The minimum Gasteiger partial charge on any atom is -0.406 e. The second-order valence-corrected chi connectivity index (χ2v) is 12.2. The molecule has 19 heavy (non-hydrogen) atoms. The molecule has 0 spiro atoms. The van der Waals surface area contributed by atoms with Gasteiger partial charge >= 0.3 is 0 Å². The monoisotopic (exact) mass is 338 g/mol. The molecule has 1 atom stereocenters. The molecular weight excluding hydrogens is 323 g/mol. The predicted molar refractivity (Wildman–Crippen MR) is 83.9 cm³/mol. The lowest BCUT2D eigenvalue weighted by Gasteiger charge is -2.31. The van der Waals surface area contributed by atoms with Crippen LogP contribution >= 0.6 is 34.8 Å². The van der Waals surface area contributed by atoms with Gasteiger partial charge in [0.1, 0.15) is 6.10 Å². The lowest BCUT2D eigenvalue weighted by Crippen LogP contribution is -2.33. The van der Waals surface area contributed by atoms with Gasteiger partial charge < -0.3 is 4.43 Å². The van der Waals surface area contributed by atoms with Crippen LogP contribution in [0.5, 0.6) is 0 Å². The number of rotatable bonds is 4. The maximum atomic E-state index is 11.2. The van der Waals surface area contributed by atoms with E-state index >= 15 is 0 Å². The lowest BCUT2D eigenvalue weighted by atomic mass is 10.1. The number of benzene rings is 1. The number of halogens is 3. The van der Waals surface area contributed by atoms with Crippen LogP contribution in [0.2, 0.25) is 19.6 Å². The number of alkyl halides is 3. The van der Waals surface area contributed by atoms with Gasteiger partial charge in [-0.1, -0.05) is 59.1 Å². The first-order chi connectivity index (χ1) is 8.50. The Morgan fingerprint density at radius 3 is 1.95 bits per heavy atom. The van der Waals surface area contributed by atoms with E-state index in [1.54, 1.807) is 24.3 Å². The van der Waals surface area contributed by atoms with Crippen LogP contribution in [0.3, 0.4) is 0 Å². The van der Waals surface area contributed by atoms with E-state index < -0.39 is 18.2 Å². The summed E-state index contributed by atoms with van der Waals surface area (Å²) in [6, 6.07) is 6.97. The minimum atomic E-state index is -1.87. The van der Waals surface area contributed by atoms with Crippen molar-refractivity contribution in [1.82, 2.24) is 0 Å². The number of Topliss-reactive ketones (excluding diaryl/α,β-unsaturated/α-hetero) is 1. The summed E-state index contributed by atoms with van der Waals surface area (Å²) < 4.78 is 4.40. The van der Waals surface area contributed by atoms with E-state index in [1.165, 1.54) is 6.92 Å². The summed E-state index contributed by atoms with van der Waals surface area (Å²) in [5.41, 5.74) is 1.38. The van der Waals surface area contributed by atoms with Gasteiger partial charge in [-0.15, -0.1) is 0 Å². The zero-order valence-electron chi connectivity index (χ0n) is 11.3. The molecule has 0 saturated carbocycles. The van der Waals surface area contributed by atoms with E-state index in [1.807, 2.05) is 19.6 Å². The second kappa shape index (κ2) is 6.14. The van der Waals surface area contributed by atoms with Crippen molar-refractivity contribution in [2.45, 2.75) is 36.5 Å². The number of ketones is 1.